The van der Waals surface area contributed by atoms with E-state index in [2.05, 4.69) is 13.2 Å². The van der Waals surface area contributed by atoms with Gasteiger partial charge in [0.05, 0.1) is 12.2 Å². The van der Waals surface area contributed by atoms with Gasteiger partial charge in [-0.25, -0.2) is 5.57 Å². The third-order valence-electron chi connectivity index (χ3n) is 7.28. The van der Waals surface area contributed by atoms with Gasteiger partial charge in [-0.3, -0.25) is 0 Å². The van der Waals surface area contributed by atoms with Crippen LogP contribution in [0.3, 0.4) is 0 Å². The van der Waals surface area contributed by atoms with Gasteiger partial charge in [0, 0.05) is 118 Å². The van der Waals surface area contributed by atoms with E-state index < -0.39 is 36.6 Å². The standard InChI is InChI=1S/2C13H17O2.C12H17O2.3U/c2*1-8(2)5-6-11-7-12(14)10(4)13(15)9(11)3;1-8(2)4-5-10-6-11(13)9(3)12(14)7-10;;;/h2*4-6,12-15H,3,7H2,1-2H3;3-5,11-14H,6-7H2,1-2H3;;;/q3*-1;;;/b11-6+;11-6-;;;;/t2*12-,13-;11-,12-;;;/m111.../s1. The van der Waals surface area contributed by atoms with Crippen molar-refractivity contribution in [3.8, 4) is 0 Å². The first-order valence-electron chi connectivity index (χ1n) is 14.7. The van der Waals surface area contributed by atoms with Gasteiger partial charge in [-0.15, -0.1) is 0 Å². The Labute approximate surface area is 354 Å². The maximum atomic E-state index is 9.67. The first kappa shape index (κ1) is 51.4. The monoisotopic (exact) mass is 1320 g/mol. The second-order valence-corrected chi connectivity index (χ2v) is 12.2. The summed E-state index contributed by atoms with van der Waals surface area (Å²) < 4.78 is 0. The van der Waals surface area contributed by atoms with Gasteiger partial charge in [-0.05, 0) is 89.5 Å². The molecule has 3 rings (SSSR count). The van der Waals surface area contributed by atoms with Crippen molar-refractivity contribution in [1.82, 2.24) is 0 Å². The Balaban J connectivity index is -0.000000599. The molecule has 3 saturated carbocycles. The molecule has 3 aliphatic carbocycles. The zero-order chi connectivity index (χ0) is 33.9. The van der Waals surface area contributed by atoms with Gasteiger partial charge in [0.25, 0.3) is 0 Å². The second kappa shape index (κ2) is 25.1. The van der Waals surface area contributed by atoms with Crippen molar-refractivity contribution in [3.63, 3.8) is 0 Å². The van der Waals surface area contributed by atoms with E-state index in [0.717, 1.165) is 27.9 Å². The maximum absolute atomic E-state index is 9.67. The molecule has 9 heteroatoms. The van der Waals surface area contributed by atoms with Gasteiger partial charge in [-0.1, -0.05) is 71.9 Å². The van der Waals surface area contributed by atoms with Gasteiger partial charge in [-0.2, -0.15) is 11.1 Å². The minimum absolute atomic E-state index is 0. The Morgan fingerprint density at radius 1 is 0.511 bits per heavy atom. The molecule has 0 radical (unpaired) electrons. The van der Waals surface area contributed by atoms with E-state index in [0.29, 0.717) is 42.4 Å². The van der Waals surface area contributed by atoms with E-state index in [-0.39, 0.29) is 104 Å². The fourth-order valence-electron chi connectivity index (χ4n) is 4.38. The molecule has 6 nitrogen and oxygen atoms in total. The van der Waals surface area contributed by atoms with E-state index in [9.17, 15) is 30.6 Å². The van der Waals surface area contributed by atoms with Crippen LogP contribution in [0.25, 0.3) is 0 Å². The number of aliphatic hydroxyl groups excluding tert-OH is 6. The molecule has 0 spiro atoms. The van der Waals surface area contributed by atoms with Crippen LogP contribution in [-0.4, -0.2) is 67.3 Å². The van der Waals surface area contributed by atoms with Crippen LogP contribution < -0.4 is 0 Å². The summed E-state index contributed by atoms with van der Waals surface area (Å²) in [7, 11) is 0. The summed E-state index contributed by atoms with van der Waals surface area (Å²) in [4.78, 5) is 0. The minimum atomic E-state index is -0.925. The molecule has 3 fully saturated rings. The van der Waals surface area contributed by atoms with Crippen LogP contribution in [0, 0.1) is 113 Å². The Kier molecular flexibility index (Phi) is 27.4. The molecule has 0 aromatic heterocycles. The van der Waals surface area contributed by atoms with E-state index in [1.807, 2.05) is 78.0 Å². The third-order valence-corrected chi connectivity index (χ3v) is 7.28. The molecular weight excluding hydrogens is 1270 g/mol. The predicted molar refractivity (Wildman–Crippen MR) is 179 cm³/mol. The fourth-order valence-corrected chi connectivity index (χ4v) is 4.38. The summed E-state index contributed by atoms with van der Waals surface area (Å²) in [6, 6.07) is 0. The molecule has 3 aliphatic rings. The van der Waals surface area contributed by atoms with Crippen LogP contribution in [0.15, 0.2) is 111 Å². The molecule has 0 saturated heterocycles. The number of hydrogen-bond donors (Lipinski definition) is 6. The molecule has 6 N–H and O–H groups in total. The molecule has 0 bridgehead atoms. The summed E-state index contributed by atoms with van der Waals surface area (Å²) in [5.74, 6) is 0. The molecule has 0 aliphatic heterocycles. The first-order chi connectivity index (χ1) is 20.4. The number of rotatable bonds is 3. The van der Waals surface area contributed by atoms with Gasteiger partial charge in [0.1, 0.15) is 0 Å². The molecule has 0 amide bonds. The molecule has 47 heavy (non-hydrogen) atoms. The molecule has 0 aromatic carbocycles. The third kappa shape index (κ3) is 17.7. The van der Waals surface area contributed by atoms with Crippen LogP contribution in [-0.2, 0) is 0 Å². The van der Waals surface area contributed by atoms with Crippen molar-refractivity contribution in [3.05, 3.63) is 131 Å². The smallest absolute Gasteiger partial charge is 0.0703 e. The van der Waals surface area contributed by atoms with Crippen LogP contribution >= 0.6 is 0 Å². The Bertz CT molecular complexity index is 1220. The summed E-state index contributed by atoms with van der Waals surface area (Å²) >= 11 is 0. The molecule has 0 heterocycles. The summed E-state index contributed by atoms with van der Waals surface area (Å²) in [6.07, 6.45) is 8.66. The van der Waals surface area contributed by atoms with Crippen molar-refractivity contribution in [2.24, 2.45) is 0 Å². The van der Waals surface area contributed by atoms with Gasteiger partial charge in [0.2, 0.25) is 0 Å². The SMILES string of the molecule is [CH-]=C1[C@H](O)C(=C)/C(=C/C=C(C)C)C[C@H]1O.[CH-]=C1[C@H](O)C(=C)/C(=C\C=C(C)C)C[C@H]1O.[CH-]=C1[C@H](O)CC(=CC=C(C)C)C[C@H]1O.[U].[U].[U]. The van der Waals surface area contributed by atoms with E-state index in [1.165, 1.54) is 5.57 Å². The Morgan fingerprint density at radius 3 is 1.09 bits per heavy atom. The van der Waals surface area contributed by atoms with Crippen LogP contribution in [0.4, 0.5) is 0 Å². The van der Waals surface area contributed by atoms with E-state index in [4.69, 9.17) is 19.7 Å². The predicted octanol–water partition coefficient (Wildman–Crippen LogP) is 5.59. The van der Waals surface area contributed by atoms with Crippen LogP contribution in [0.2, 0.25) is 0 Å². The number of hydrogen-bond acceptors (Lipinski definition) is 6. The van der Waals surface area contributed by atoms with E-state index in [1.54, 1.807) is 0 Å². The summed E-state index contributed by atoms with van der Waals surface area (Å²) in [5, 5.41) is 57.5. The van der Waals surface area contributed by atoms with Crippen molar-refractivity contribution in [1.29, 1.82) is 0 Å². The number of aliphatic hydroxyl groups is 6. The summed E-state index contributed by atoms with van der Waals surface area (Å²) in [5.41, 5.74) is 8.08. The summed E-state index contributed by atoms with van der Waals surface area (Å²) in [6.45, 7) is 36.1. The largest absolute Gasteiger partial charge is 0.509 e. The zero-order valence-electron chi connectivity index (χ0n) is 28.6. The minimum Gasteiger partial charge on any atom is -0.509 e. The quantitative estimate of drug-likeness (QED) is 0.205. The van der Waals surface area contributed by atoms with Gasteiger partial charge in [0.15, 0.2) is 0 Å². The molecule has 254 valence electrons. The van der Waals surface area contributed by atoms with Crippen molar-refractivity contribution >= 4 is 0 Å². The Hall–Kier alpha value is 0.0558. The maximum Gasteiger partial charge on any atom is 0.0703 e. The first-order valence-corrected chi connectivity index (χ1v) is 14.7. The second-order valence-electron chi connectivity index (χ2n) is 12.2. The van der Waals surface area contributed by atoms with Crippen molar-refractivity contribution < 1.29 is 124 Å². The van der Waals surface area contributed by atoms with Gasteiger partial charge < -0.3 is 50.4 Å². The van der Waals surface area contributed by atoms with Crippen molar-refractivity contribution in [2.75, 3.05) is 0 Å². The average molecular weight is 1320 g/mol. The zero-order valence-corrected chi connectivity index (χ0v) is 41.1. The topological polar surface area (TPSA) is 121 Å². The average Bonchev–Trinajstić information content (AvgIpc) is 2.95. The molecule has 0 unspecified atom stereocenters. The van der Waals surface area contributed by atoms with Crippen molar-refractivity contribution in [2.45, 2.75) is 104 Å². The van der Waals surface area contributed by atoms with Crippen LogP contribution in [0.1, 0.15) is 67.2 Å². The normalized spacial score (nSPS) is 27.0. The van der Waals surface area contributed by atoms with Gasteiger partial charge >= 0.3 is 0 Å². The number of allylic oxidation sites excluding steroid dienone is 9. The molecule has 6 atom stereocenters. The van der Waals surface area contributed by atoms with E-state index >= 15 is 0 Å². The molecule has 0 aromatic rings. The fraction of sp³-hybridized carbons (Fsp3) is 0.421. The Morgan fingerprint density at radius 2 is 0.787 bits per heavy atom. The molecular formula is C38H51O6U3-3. The van der Waals surface area contributed by atoms with Crippen LogP contribution in [0.5, 0.6) is 0 Å².